The van der Waals surface area contributed by atoms with Gasteiger partial charge in [-0.15, -0.1) is 0 Å². The van der Waals surface area contributed by atoms with Gasteiger partial charge in [0.25, 0.3) is 0 Å². The molecule has 0 aliphatic heterocycles. The van der Waals surface area contributed by atoms with Crippen molar-refractivity contribution >= 4 is 17.3 Å². The van der Waals surface area contributed by atoms with Crippen molar-refractivity contribution in [3.63, 3.8) is 0 Å². The smallest absolute Gasteiger partial charge is 0.226 e. The van der Waals surface area contributed by atoms with Crippen molar-refractivity contribution in [2.24, 2.45) is 5.92 Å². The van der Waals surface area contributed by atoms with Crippen LogP contribution in [-0.2, 0) is 9.53 Å². The molecule has 0 aliphatic carbocycles. The molecule has 1 atom stereocenters. The zero-order valence-corrected chi connectivity index (χ0v) is 11.8. The predicted octanol–water partition coefficient (Wildman–Crippen LogP) is 3.05. The van der Waals surface area contributed by atoms with Crippen molar-refractivity contribution in [1.82, 2.24) is 0 Å². The van der Waals surface area contributed by atoms with E-state index < -0.39 is 0 Å². The number of anilines is 2. The quantitative estimate of drug-likeness (QED) is 0.560. The van der Waals surface area contributed by atoms with Crippen molar-refractivity contribution in [3.05, 3.63) is 24.3 Å². The van der Waals surface area contributed by atoms with Crippen molar-refractivity contribution in [2.45, 2.75) is 33.1 Å². The van der Waals surface area contributed by atoms with Gasteiger partial charge in [0.15, 0.2) is 0 Å². The molecule has 0 saturated heterocycles. The van der Waals surface area contributed by atoms with Crippen LogP contribution in [0.15, 0.2) is 24.3 Å². The maximum Gasteiger partial charge on any atom is 0.226 e. The number of rotatable bonds is 8. The van der Waals surface area contributed by atoms with E-state index in [9.17, 15) is 4.79 Å². The monoisotopic (exact) mass is 264 g/mol. The van der Waals surface area contributed by atoms with Crippen LogP contribution in [0.4, 0.5) is 11.4 Å². The summed E-state index contributed by atoms with van der Waals surface area (Å²) in [4.78, 5) is 11.7. The van der Waals surface area contributed by atoms with Crippen LogP contribution in [0.1, 0.15) is 33.1 Å². The molecule has 0 saturated carbocycles. The van der Waals surface area contributed by atoms with Gasteiger partial charge in [0.2, 0.25) is 5.91 Å². The molecule has 0 radical (unpaired) electrons. The Labute approximate surface area is 115 Å². The van der Waals surface area contributed by atoms with Gasteiger partial charge < -0.3 is 15.8 Å². The van der Waals surface area contributed by atoms with Crippen LogP contribution < -0.4 is 11.1 Å². The number of hydrogen-bond donors (Lipinski definition) is 2. The van der Waals surface area contributed by atoms with Gasteiger partial charge in [-0.2, -0.15) is 0 Å². The van der Waals surface area contributed by atoms with Crippen molar-refractivity contribution < 1.29 is 9.53 Å². The van der Waals surface area contributed by atoms with E-state index in [1.807, 2.05) is 12.1 Å². The van der Waals surface area contributed by atoms with Crippen LogP contribution in [0, 0.1) is 5.92 Å². The fourth-order valence-electron chi connectivity index (χ4n) is 1.85. The Morgan fingerprint density at radius 2 is 2.16 bits per heavy atom. The topological polar surface area (TPSA) is 64.3 Å². The molecule has 4 heteroatoms. The van der Waals surface area contributed by atoms with E-state index in [2.05, 4.69) is 19.2 Å². The molecule has 1 unspecified atom stereocenters. The number of ether oxygens (including phenoxy) is 1. The highest BCUT2D eigenvalue weighted by Crippen LogP contribution is 2.16. The zero-order chi connectivity index (χ0) is 14.1. The van der Waals surface area contributed by atoms with Crippen LogP contribution in [0.25, 0.3) is 0 Å². The summed E-state index contributed by atoms with van der Waals surface area (Å²) in [5, 5.41) is 2.78. The second kappa shape index (κ2) is 8.53. The molecule has 0 aliphatic rings. The van der Waals surface area contributed by atoms with Gasteiger partial charge in [0.05, 0.1) is 24.4 Å². The van der Waals surface area contributed by atoms with Crippen molar-refractivity contribution in [3.8, 4) is 0 Å². The largest absolute Gasteiger partial charge is 0.397 e. The van der Waals surface area contributed by atoms with Gasteiger partial charge >= 0.3 is 0 Å². The SMILES string of the molecule is CCCC(C)COCCC(=O)Nc1ccccc1N. The van der Waals surface area contributed by atoms with E-state index in [-0.39, 0.29) is 5.91 Å². The van der Waals surface area contributed by atoms with E-state index in [0.29, 0.717) is 36.9 Å². The highest BCUT2D eigenvalue weighted by atomic mass is 16.5. The molecule has 0 aromatic heterocycles. The number of benzene rings is 1. The zero-order valence-electron chi connectivity index (χ0n) is 11.8. The van der Waals surface area contributed by atoms with Gasteiger partial charge in [0.1, 0.15) is 0 Å². The summed E-state index contributed by atoms with van der Waals surface area (Å²) in [7, 11) is 0. The molecule has 0 fully saturated rings. The van der Waals surface area contributed by atoms with Crippen LogP contribution in [0.2, 0.25) is 0 Å². The first-order valence-electron chi connectivity index (χ1n) is 6.85. The molecule has 106 valence electrons. The summed E-state index contributed by atoms with van der Waals surface area (Å²) in [5.41, 5.74) is 6.99. The van der Waals surface area contributed by atoms with E-state index in [1.54, 1.807) is 12.1 Å². The van der Waals surface area contributed by atoms with Gasteiger partial charge in [-0.3, -0.25) is 4.79 Å². The fraction of sp³-hybridized carbons (Fsp3) is 0.533. The average molecular weight is 264 g/mol. The Morgan fingerprint density at radius 3 is 2.84 bits per heavy atom. The van der Waals surface area contributed by atoms with Crippen LogP contribution >= 0.6 is 0 Å². The van der Waals surface area contributed by atoms with E-state index in [4.69, 9.17) is 10.5 Å². The lowest BCUT2D eigenvalue weighted by Crippen LogP contribution is -2.16. The lowest BCUT2D eigenvalue weighted by molar-refractivity contribution is -0.117. The van der Waals surface area contributed by atoms with Crippen LogP contribution in [0.3, 0.4) is 0 Å². The Bertz CT molecular complexity index is 393. The number of amides is 1. The predicted molar refractivity (Wildman–Crippen MR) is 79.0 cm³/mol. The molecule has 0 spiro atoms. The maximum atomic E-state index is 11.7. The third kappa shape index (κ3) is 6.25. The minimum Gasteiger partial charge on any atom is -0.397 e. The molecular weight excluding hydrogens is 240 g/mol. The van der Waals surface area contributed by atoms with Crippen LogP contribution in [0.5, 0.6) is 0 Å². The minimum atomic E-state index is -0.0685. The summed E-state index contributed by atoms with van der Waals surface area (Å²) in [6.45, 7) is 5.49. The third-order valence-corrected chi connectivity index (χ3v) is 2.89. The van der Waals surface area contributed by atoms with Gasteiger partial charge in [-0.05, 0) is 24.5 Å². The molecule has 1 aromatic carbocycles. The van der Waals surface area contributed by atoms with Crippen LogP contribution in [-0.4, -0.2) is 19.1 Å². The normalized spacial score (nSPS) is 12.1. The first-order valence-corrected chi connectivity index (χ1v) is 6.85. The van der Waals surface area contributed by atoms with Gasteiger partial charge in [-0.1, -0.05) is 32.4 Å². The lowest BCUT2D eigenvalue weighted by Gasteiger charge is -2.11. The fourth-order valence-corrected chi connectivity index (χ4v) is 1.85. The number of carbonyl (C=O) groups excluding carboxylic acids is 1. The third-order valence-electron chi connectivity index (χ3n) is 2.89. The standard InChI is InChI=1S/C15H24N2O2/c1-3-6-12(2)11-19-10-9-15(18)17-14-8-5-4-7-13(14)16/h4-5,7-8,12H,3,6,9-11,16H2,1-2H3,(H,17,18). The highest BCUT2D eigenvalue weighted by Gasteiger charge is 2.05. The summed E-state index contributed by atoms with van der Waals surface area (Å²) in [6, 6.07) is 7.23. The lowest BCUT2D eigenvalue weighted by atomic mass is 10.1. The second-order valence-electron chi connectivity index (χ2n) is 4.85. The Balaban J connectivity index is 2.20. The number of hydrogen-bond acceptors (Lipinski definition) is 3. The summed E-state index contributed by atoms with van der Waals surface area (Å²) in [5.74, 6) is 0.485. The van der Waals surface area contributed by atoms with E-state index in [1.165, 1.54) is 0 Å². The molecule has 0 bridgehead atoms. The van der Waals surface area contributed by atoms with Gasteiger partial charge in [-0.25, -0.2) is 0 Å². The number of para-hydroxylation sites is 2. The highest BCUT2D eigenvalue weighted by molar-refractivity contribution is 5.93. The molecule has 0 heterocycles. The average Bonchev–Trinajstić information content (AvgIpc) is 2.38. The summed E-state index contributed by atoms with van der Waals surface area (Å²) >= 11 is 0. The van der Waals surface area contributed by atoms with E-state index >= 15 is 0 Å². The van der Waals surface area contributed by atoms with Crippen molar-refractivity contribution in [1.29, 1.82) is 0 Å². The second-order valence-corrected chi connectivity index (χ2v) is 4.85. The molecular formula is C15H24N2O2. The summed E-state index contributed by atoms with van der Waals surface area (Å²) in [6.07, 6.45) is 2.68. The molecule has 19 heavy (non-hydrogen) atoms. The molecule has 4 nitrogen and oxygen atoms in total. The Morgan fingerprint density at radius 1 is 1.42 bits per heavy atom. The number of nitrogens with two attached hydrogens (primary N) is 1. The number of nitrogen functional groups attached to an aromatic ring is 1. The maximum absolute atomic E-state index is 11.7. The summed E-state index contributed by atoms with van der Waals surface area (Å²) < 4.78 is 5.49. The molecule has 3 N–H and O–H groups in total. The van der Waals surface area contributed by atoms with E-state index in [0.717, 1.165) is 12.8 Å². The number of nitrogens with one attached hydrogen (secondary N) is 1. The molecule has 1 amide bonds. The van der Waals surface area contributed by atoms with Gasteiger partial charge in [0, 0.05) is 6.61 Å². The van der Waals surface area contributed by atoms with Crippen molar-refractivity contribution in [2.75, 3.05) is 24.3 Å². The number of carbonyl (C=O) groups is 1. The minimum absolute atomic E-state index is 0.0685. The Hall–Kier alpha value is -1.55. The Kier molecular flexibility index (Phi) is 6.97. The molecule has 1 rings (SSSR count). The molecule has 1 aromatic rings. The first kappa shape index (κ1) is 15.5. The first-order chi connectivity index (χ1) is 9.13.